The fraction of sp³-hybridized carbons (Fsp3) is 0.500. The van der Waals surface area contributed by atoms with Crippen molar-refractivity contribution in [2.45, 2.75) is 12.3 Å². The molecule has 4 N–H and O–H groups in total. The van der Waals surface area contributed by atoms with Crippen molar-refractivity contribution in [3.05, 3.63) is 33.9 Å². The molecule has 2 atom stereocenters. The van der Waals surface area contributed by atoms with E-state index in [1.54, 1.807) is 0 Å². The first kappa shape index (κ1) is 12.8. The van der Waals surface area contributed by atoms with E-state index in [-0.39, 0.29) is 11.5 Å². The van der Waals surface area contributed by atoms with Gasteiger partial charge in [0, 0.05) is 18.5 Å². The summed E-state index contributed by atoms with van der Waals surface area (Å²) < 4.78 is 5.10. The predicted molar refractivity (Wildman–Crippen MR) is 64.7 cm³/mol. The van der Waals surface area contributed by atoms with Crippen molar-refractivity contribution in [3.63, 3.8) is 0 Å². The summed E-state index contributed by atoms with van der Waals surface area (Å²) in [6.07, 6.45) is 0.801. The zero-order valence-electron chi connectivity index (χ0n) is 9.89. The number of piperidine rings is 1. The van der Waals surface area contributed by atoms with Gasteiger partial charge in [-0.15, -0.1) is 0 Å². The fourth-order valence-corrected chi connectivity index (χ4v) is 2.25. The lowest BCUT2D eigenvalue weighted by Crippen LogP contribution is -2.38. The number of rotatable bonds is 3. The third-order valence-electron chi connectivity index (χ3n) is 3.21. The van der Waals surface area contributed by atoms with Crippen LogP contribution < -0.4 is 16.7 Å². The Bertz CT molecular complexity index is 497. The highest BCUT2D eigenvalue weighted by Crippen LogP contribution is 2.25. The number of nitrogens with two attached hydrogens (primary N) is 1. The molecule has 0 aromatic carbocycles. The lowest BCUT2D eigenvalue weighted by atomic mass is 9.88. The summed E-state index contributed by atoms with van der Waals surface area (Å²) in [6, 6.07) is 2.41. The number of hydrogen-bond donors (Lipinski definition) is 3. The number of carboxylic acid groups (broad SMARTS) is 1. The van der Waals surface area contributed by atoms with Crippen LogP contribution in [0.2, 0.25) is 0 Å². The molecule has 98 valence electrons. The Hall–Kier alpha value is -1.66. The Labute approximate surface area is 104 Å². The highest BCUT2D eigenvalue weighted by molar-refractivity contribution is 5.87. The maximum Gasteiger partial charge on any atom is 0.336 e. The van der Waals surface area contributed by atoms with Crippen LogP contribution in [0.25, 0.3) is 0 Å². The molecule has 6 nitrogen and oxygen atoms in total. The molecule has 1 aliphatic rings. The van der Waals surface area contributed by atoms with Gasteiger partial charge in [0.05, 0.1) is 5.56 Å². The maximum absolute atomic E-state index is 11.3. The van der Waals surface area contributed by atoms with Crippen molar-refractivity contribution in [2.75, 3.05) is 19.6 Å². The predicted octanol–water partition coefficient (Wildman–Crippen LogP) is -0.0102. The van der Waals surface area contributed by atoms with Crippen LogP contribution in [0, 0.1) is 5.92 Å². The molecular formula is C12H16N2O4. The Morgan fingerprint density at radius 1 is 1.50 bits per heavy atom. The molecular weight excluding hydrogens is 236 g/mol. The Morgan fingerprint density at radius 3 is 2.94 bits per heavy atom. The van der Waals surface area contributed by atoms with E-state index in [4.69, 9.17) is 15.3 Å². The van der Waals surface area contributed by atoms with Gasteiger partial charge in [-0.25, -0.2) is 9.59 Å². The van der Waals surface area contributed by atoms with E-state index in [0.717, 1.165) is 19.0 Å². The normalized spacial score (nSPS) is 23.8. The van der Waals surface area contributed by atoms with Gasteiger partial charge in [0.2, 0.25) is 0 Å². The second-order valence-electron chi connectivity index (χ2n) is 4.57. The van der Waals surface area contributed by atoms with E-state index in [9.17, 15) is 9.59 Å². The van der Waals surface area contributed by atoms with E-state index in [2.05, 4.69) is 5.32 Å². The molecule has 1 fully saturated rings. The fourth-order valence-electron chi connectivity index (χ4n) is 2.25. The molecule has 0 saturated carbocycles. The Kier molecular flexibility index (Phi) is 3.78. The summed E-state index contributed by atoms with van der Waals surface area (Å²) in [5.41, 5.74) is 4.97. The first-order valence-electron chi connectivity index (χ1n) is 5.89. The second-order valence-corrected chi connectivity index (χ2v) is 4.57. The molecule has 0 amide bonds. The van der Waals surface area contributed by atoms with E-state index >= 15 is 0 Å². The van der Waals surface area contributed by atoms with Gasteiger partial charge in [0.15, 0.2) is 0 Å². The van der Waals surface area contributed by atoms with E-state index < -0.39 is 11.6 Å². The van der Waals surface area contributed by atoms with Gasteiger partial charge in [-0.1, -0.05) is 0 Å². The molecule has 0 radical (unpaired) electrons. The zero-order chi connectivity index (χ0) is 13.1. The Balaban J connectivity index is 2.27. The third kappa shape index (κ3) is 2.77. The lowest BCUT2D eigenvalue weighted by Gasteiger charge is -2.28. The van der Waals surface area contributed by atoms with Crippen LogP contribution in [0.1, 0.15) is 28.5 Å². The molecule has 0 bridgehead atoms. The molecule has 1 saturated heterocycles. The number of carbonyl (C=O) groups is 1. The van der Waals surface area contributed by atoms with Crippen molar-refractivity contribution >= 4 is 5.97 Å². The van der Waals surface area contributed by atoms with Crippen molar-refractivity contribution in [1.82, 2.24) is 5.32 Å². The molecule has 1 aromatic heterocycles. The van der Waals surface area contributed by atoms with Gasteiger partial charge in [-0.05, 0) is 31.5 Å². The highest BCUT2D eigenvalue weighted by atomic mass is 16.4. The SMILES string of the molecule is NCC1CNC[C@@H](c2cc(C(=O)O)cc(=O)o2)C1. The largest absolute Gasteiger partial charge is 0.478 e. The molecule has 1 aliphatic heterocycles. The Morgan fingerprint density at radius 2 is 2.28 bits per heavy atom. The van der Waals surface area contributed by atoms with Crippen molar-refractivity contribution in [3.8, 4) is 0 Å². The van der Waals surface area contributed by atoms with Gasteiger partial charge in [0.25, 0.3) is 0 Å². The molecule has 6 heteroatoms. The molecule has 18 heavy (non-hydrogen) atoms. The average molecular weight is 252 g/mol. The van der Waals surface area contributed by atoms with Gasteiger partial charge in [-0.3, -0.25) is 0 Å². The number of nitrogens with one attached hydrogen (secondary N) is 1. The van der Waals surface area contributed by atoms with Crippen LogP contribution >= 0.6 is 0 Å². The molecule has 0 spiro atoms. The number of carboxylic acids is 1. The first-order chi connectivity index (χ1) is 8.60. The van der Waals surface area contributed by atoms with Gasteiger partial charge in [0.1, 0.15) is 5.76 Å². The first-order valence-corrected chi connectivity index (χ1v) is 5.89. The molecule has 2 heterocycles. The van der Waals surface area contributed by atoms with Gasteiger partial charge < -0.3 is 20.6 Å². The summed E-state index contributed by atoms with van der Waals surface area (Å²) in [7, 11) is 0. The molecule has 1 aromatic rings. The van der Waals surface area contributed by atoms with Crippen molar-refractivity contribution in [2.24, 2.45) is 11.7 Å². The standard InChI is InChI=1S/C12H16N2O4/c13-4-7-1-9(6-14-5-7)10-2-8(12(16)17)3-11(15)18-10/h2-3,7,9,14H,1,4-6,13H2,(H,16,17)/t7?,9-/m0/s1. The van der Waals surface area contributed by atoms with Crippen LogP contribution in [-0.2, 0) is 0 Å². The number of aromatic carboxylic acids is 1. The van der Waals surface area contributed by atoms with Crippen LogP contribution in [0.4, 0.5) is 0 Å². The monoisotopic (exact) mass is 252 g/mol. The third-order valence-corrected chi connectivity index (χ3v) is 3.21. The summed E-state index contributed by atoms with van der Waals surface area (Å²) in [5, 5.41) is 12.1. The van der Waals surface area contributed by atoms with Crippen LogP contribution in [0.5, 0.6) is 0 Å². The lowest BCUT2D eigenvalue weighted by molar-refractivity contribution is 0.0695. The molecule has 0 aliphatic carbocycles. The van der Waals surface area contributed by atoms with Crippen LogP contribution in [0.15, 0.2) is 21.3 Å². The topological polar surface area (TPSA) is 106 Å². The summed E-state index contributed by atoms with van der Waals surface area (Å²) in [4.78, 5) is 22.2. The molecule has 2 rings (SSSR count). The highest BCUT2D eigenvalue weighted by Gasteiger charge is 2.25. The van der Waals surface area contributed by atoms with Crippen molar-refractivity contribution in [1.29, 1.82) is 0 Å². The van der Waals surface area contributed by atoms with E-state index in [1.807, 2.05) is 0 Å². The summed E-state index contributed by atoms with van der Waals surface area (Å²) in [6.45, 7) is 2.07. The average Bonchev–Trinajstić information content (AvgIpc) is 2.38. The number of hydrogen-bond acceptors (Lipinski definition) is 5. The van der Waals surface area contributed by atoms with Crippen LogP contribution in [0.3, 0.4) is 0 Å². The maximum atomic E-state index is 11.3. The minimum absolute atomic E-state index is 0.000648. The molecule has 1 unspecified atom stereocenters. The summed E-state index contributed by atoms with van der Waals surface area (Å²) in [5.74, 6) is -0.379. The van der Waals surface area contributed by atoms with E-state index in [1.165, 1.54) is 6.07 Å². The quantitative estimate of drug-likeness (QED) is 0.698. The van der Waals surface area contributed by atoms with Crippen LogP contribution in [-0.4, -0.2) is 30.7 Å². The van der Waals surface area contributed by atoms with Crippen molar-refractivity contribution < 1.29 is 14.3 Å². The minimum atomic E-state index is -1.12. The smallest absolute Gasteiger partial charge is 0.336 e. The van der Waals surface area contributed by atoms with Gasteiger partial charge >= 0.3 is 11.6 Å². The van der Waals surface area contributed by atoms with E-state index in [0.29, 0.717) is 24.8 Å². The minimum Gasteiger partial charge on any atom is -0.478 e. The second kappa shape index (κ2) is 5.32. The summed E-state index contributed by atoms with van der Waals surface area (Å²) >= 11 is 0. The van der Waals surface area contributed by atoms with Gasteiger partial charge in [-0.2, -0.15) is 0 Å². The zero-order valence-corrected chi connectivity index (χ0v) is 9.89.